The molecule has 0 saturated carbocycles. The number of hydrogen-bond acceptors (Lipinski definition) is 3. The maximum atomic E-state index is 10.7. The van der Waals surface area contributed by atoms with Crippen LogP contribution in [0.5, 0.6) is 0 Å². The number of benzene rings is 1. The summed E-state index contributed by atoms with van der Waals surface area (Å²) < 4.78 is 10.6. The maximum absolute atomic E-state index is 10.7. The Bertz CT molecular complexity index is 295. The molecule has 0 unspecified atom stereocenters. The number of rotatable bonds is 4. The van der Waals surface area contributed by atoms with E-state index in [-0.39, 0.29) is 12.6 Å². The Morgan fingerprint density at radius 2 is 2.00 bits per heavy atom. The molecule has 0 aliphatic carbocycles. The topological polar surface area (TPSA) is 35.5 Å². The highest BCUT2D eigenvalue weighted by Crippen LogP contribution is 2.10. The van der Waals surface area contributed by atoms with Crippen LogP contribution in [0, 0.1) is 0 Å². The largest absolute Gasteiger partial charge is 0.467 e. The van der Waals surface area contributed by atoms with E-state index in [9.17, 15) is 4.79 Å². The van der Waals surface area contributed by atoms with E-state index in [0.717, 1.165) is 10.0 Å². The van der Waals surface area contributed by atoms with Crippen LogP contribution in [0.15, 0.2) is 28.7 Å². The van der Waals surface area contributed by atoms with Gasteiger partial charge in [-0.1, -0.05) is 28.1 Å². The average Bonchev–Trinajstić information content (AvgIpc) is 2.21. The van der Waals surface area contributed by atoms with Crippen LogP contribution in [-0.4, -0.2) is 19.7 Å². The highest BCUT2D eigenvalue weighted by atomic mass is 79.9. The molecule has 0 aliphatic heterocycles. The number of carbonyl (C=O) groups excluding carboxylic acids is 1. The lowest BCUT2D eigenvalue weighted by Crippen LogP contribution is -2.09. The van der Waals surface area contributed by atoms with E-state index in [1.165, 1.54) is 7.11 Å². The minimum atomic E-state index is -0.359. The van der Waals surface area contributed by atoms with Crippen molar-refractivity contribution in [3.63, 3.8) is 0 Å². The van der Waals surface area contributed by atoms with Crippen molar-refractivity contribution >= 4 is 21.9 Å². The van der Waals surface area contributed by atoms with Gasteiger partial charge in [0.05, 0.1) is 13.7 Å². The fraction of sp³-hybridized carbons (Fsp3) is 0.300. The minimum absolute atomic E-state index is 0.00738. The fourth-order valence-corrected chi connectivity index (χ4v) is 1.16. The Balaban J connectivity index is 2.31. The van der Waals surface area contributed by atoms with Crippen LogP contribution in [0.3, 0.4) is 0 Å². The third-order valence-electron chi connectivity index (χ3n) is 1.63. The zero-order valence-electron chi connectivity index (χ0n) is 7.83. The van der Waals surface area contributed by atoms with Gasteiger partial charge in [0, 0.05) is 4.47 Å². The normalized spacial score (nSPS) is 9.86. The van der Waals surface area contributed by atoms with Crippen LogP contribution >= 0.6 is 15.9 Å². The van der Waals surface area contributed by atoms with Gasteiger partial charge in [0.25, 0.3) is 0 Å². The van der Waals surface area contributed by atoms with Crippen molar-refractivity contribution in [2.75, 3.05) is 13.7 Å². The van der Waals surface area contributed by atoms with Crippen LogP contribution < -0.4 is 0 Å². The van der Waals surface area contributed by atoms with E-state index in [1.54, 1.807) is 0 Å². The van der Waals surface area contributed by atoms with Crippen LogP contribution in [-0.2, 0) is 20.9 Å². The summed E-state index contributed by atoms with van der Waals surface area (Å²) in [5.74, 6) is -0.359. The van der Waals surface area contributed by atoms with Crippen LogP contribution in [0.1, 0.15) is 5.56 Å². The number of carbonyl (C=O) groups is 1. The highest BCUT2D eigenvalue weighted by molar-refractivity contribution is 9.10. The summed E-state index contributed by atoms with van der Waals surface area (Å²) in [5.41, 5.74) is 1.03. The van der Waals surface area contributed by atoms with Crippen molar-refractivity contribution in [2.24, 2.45) is 0 Å². The molecule has 0 heterocycles. The third kappa shape index (κ3) is 3.89. The van der Waals surface area contributed by atoms with Gasteiger partial charge in [-0.15, -0.1) is 0 Å². The number of hydrogen-bond donors (Lipinski definition) is 0. The van der Waals surface area contributed by atoms with Crippen molar-refractivity contribution in [1.82, 2.24) is 0 Å². The second kappa shape index (κ2) is 5.78. The molecule has 14 heavy (non-hydrogen) atoms. The van der Waals surface area contributed by atoms with Gasteiger partial charge in [0.15, 0.2) is 0 Å². The van der Waals surface area contributed by atoms with Gasteiger partial charge in [0.2, 0.25) is 0 Å². The first-order valence-electron chi connectivity index (χ1n) is 4.11. The quantitative estimate of drug-likeness (QED) is 0.777. The smallest absolute Gasteiger partial charge is 0.331 e. The Labute approximate surface area is 91.1 Å². The minimum Gasteiger partial charge on any atom is -0.467 e. The summed E-state index contributed by atoms with van der Waals surface area (Å²) in [6.07, 6.45) is 0. The first kappa shape index (κ1) is 11.2. The highest BCUT2D eigenvalue weighted by Gasteiger charge is 1.99. The SMILES string of the molecule is COC(=O)COCc1ccc(Br)cc1. The van der Waals surface area contributed by atoms with E-state index >= 15 is 0 Å². The summed E-state index contributed by atoms with van der Waals surface area (Å²) in [4.78, 5) is 10.7. The second-order valence-corrected chi connectivity index (χ2v) is 3.61. The predicted octanol–water partition coefficient (Wildman–Crippen LogP) is 2.14. The van der Waals surface area contributed by atoms with Gasteiger partial charge in [-0.3, -0.25) is 0 Å². The van der Waals surface area contributed by atoms with Crippen molar-refractivity contribution in [1.29, 1.82) is 0 Å². The van der Waals surface area contributed by atoms with Gasteiger partial charge < -0.3 is 9.47 Å². The van der Waals surface area contributed by atoms with E-state index in [0.29, 0.717) is 6.61 Å². The zero-order valence-corrected chi connectivity index (χ0v) is 9.41. The van der Waals surface area contributed by atoms with Crippen LogP contribution in [0.2, 0.25) is 0 Å². The molecule has 0 bridgehead atoms. The molecule has 4 heteroatoms. The molecule has 0 aliphatic rings. The number of ether oxygens (including phenoxy) is 2. The Hall–Kier alpha value is -0.870. The number of halogens is 1. The zero-order chi connectivity index (χ0) is 10.4. The molecule has 0 amide bonds. The summed E-state index contributed by atoms with van der Waals surface area (Å²) >= 11 is 3.33. The Kier molecular flexibility index (Phi) is 4.62. The summed E-state index contributed by atoms with van der Waals surface area (Å²) in [7, 11) is 1.34. The van der Waals surface area contributed by atoms with Gasteiger partial charge in [0.1, 0.15) is 6.61 Å². The summed E-state index contributed by atoms with van der Waals surface area (Å²) in [6, 6.07) is 7.72. The van der Waals surface area contributed by atoms with E-state index in [4.69, 9.17) is 4.74 Å². The Morgan fingerprint density at radius 1 is 1.36 bits per heavy atom. The molecule has 0 fully saturated rings. The molecular weight excluding hydrogens is 248 g/mol. The molecule has 0 aromatic heterocycles. The molecule has 1 aromatic carbocycles. The van der Waals surface area contributed by atoms with Crippen molar-refractivity contribution < 1.29 is 14.3 Å². The van der Waals surface area contributed by atoms with E-state index in [1.807, 2.05) is 24.3 Å². The monoisotopic (exact) mass is 258 g/mol. The molecule has 1 aromatic rings. The van der Waals surface area contributed by atoms with Crippen LogP contribution in [0.25, 0.3) is 0 Å². The summed E-state index contributed by atoms with van der Waals surface area (Å²) in [5, 5.41) is 0. The van der Waals surface area contributed by atoms with Crippen molar-refractivity contribution in [3.05, 3.63) is 34.3 Å². The molecule has 0 radical (unpaired) electrons. The number of methoxy groups -OCH3 is 1. The van der Waals surface area contributed by atoms with Crippen molar-refractivity contribution in [3.8, 4) is 0 Å². The molecule has 0 spiro atoms. The van der Waals surface area contributed by atoms with E-state index in [2.05, 4.69) is 20.7 Å². The lowest BCUT2D eigenvalue weighted by atomic mass is 10.2. The average molecular weight is 259 g/mol. The summed E-state index contributed by atoms with van der Waals surface area (Å²) in [6.45, 7) is 0.412. The predicted molar refractivity (Wildman–Crippen MR) is 55.8 cm³/mol. The molecule has 0 saturated heterocycles. The Morgan fingerprint density at radius 3 is 2.57 bits per heavy atom. The lowest BCUT2D eigenvalue weighted by molar-refractivity contribution is -0.146. The van der Waals surface area contributed by atoms with Gasteiger partial charge >= 0.3 is 5.97 Å². The third-order valence-corrected chi connectivity index (χ3v) is 2.16. The second-order valence-electron chi connectivity index (χ2n) is 2.70. The first-order chi connectivity index (χ1) is 6.72. The first-order valence-corrected chi connectivity index (χ1v) is 4.90. The molecule has 0 N–H and O–H groups in total. The molecule has 1 rings (SSSR count). The lowest BCUT2D eigenvalue weighted by Gasteiger charge is -2.02. The fourth-order valence-electron chi connectivity index (χ4n) is 0.892. The molecule has 3 nitrogen and oxygen atoms in total. The molecular formula is C10H11BrO3. The van der Waals surface area contributed by atoms with Gasteiger partial charge in [-0.2, -0.15) is 0 Å². The standard InChI is InChI=1S/C10H11BrO3/c1-13-10(12)7-14-6-8-2-4-9(11)5-3-8/h2-5H,6-7H2,1H3. The van der Waals surface area contributed by atoms with E-state index < -0.39 is 0 Å². The van der Waals surface area contributed by atoms with Crippen molar-refractivity contribution in [2.45, 2.75) is 6.61 Å². The molecule has 76 valence electrons. The molecule has 0 atom stereocenters. The maximum Gasteiger partial charge on any atom is 0.331 e. The number of esters is 1. The van der Waals surface area contributed by atoms with Gasteiger partial charge in [-0.05, 0) is 17.7 Å². The van der Waals surface area contributed by atoms with Crippen LogP contribution in [0.4, 0.5) is 0 Å². The van der Waals surface area contributed by atoms with Gasteiger partial charge in [-0.25, -0.2) is 4.79 Å².